The standard InChI is InChI=1S/C11H14N4O2/c1-15-10(16)3-2-9(11(15)17)14-6-8-4-12-7-13-5-8/h4-5,7,9,14H,2-3,6H2,1H3. The Labute approximate surface area is 99.1 Å². The monoisotopic (exact) mass is 234 g/mol. The first-order valence-corrected chi connectivity index (χ1v) is 5.46. The van der Waals surface area contributed by atoms with Gasteiger partial charge in [-0.05, 0) is 6.42 Å². The Bertz CT molecular complexity index is 421. The number of nitrogens with zero attached hydrogens (tertiary/aromatic N) is 3. The van der Waals surface area contributed by atoms with Gasteiger partial charge in [-0.15, -0.1) is 0 Å². The quantitative estimate of drug-likeness (QED) is 0.728. The summed E-state index contributed by atoms with van der Waals surface area (Å²) in [5, 5.41) is 3.12. The molecule has 1 N–H and O–H groups in total. The first-order valence-electron chi connectivity index (χ1n) is 5.46. The summed E-state index contributed by atoms with van der Waals surface area (Å²) in [5.74, 6) is -0.283. The van der Waals surface area contributed by atoms with E-state index in [1.807, 2.05) is 0 Å². The highest BCUT2D eigenvalue weighted by Crippen LogP contribution is 2.11. The zero-order chi connectivity index (χ0) is 12.3. The van der Waals surface area contributed by atoms with Crippen molar-refractivity contribution >= 4 is 11.8 Å². The highest BCUT2D eigenvalue weighted by molar-refractivity contribution is 6.00. The van der Waals surface area contributed by atoms with Crippen LogP contribution in [0.4, 0.5) is 0 Å². The molecule has 1 aliphatic heterocycles. The number of imide groups is 1. The fourth-order valence-corrected chi connectivity index (χ4v) is 1.77. The fraction of sp³-hybridized carbons (Fsp3) is 0.455. The predicted molar refractivity (Wildman–Crippen MR) is 59.7 cm³/mol. The van der Waals surface area contributed by atoms with Gasteiger partial charge in [0.2, 0.25) is 11.8 Å². The van der Waals surface area contributed by atoms with Gasteiger partial charge in [0, 0.05) is 38.0 Å². The Kier molecular flexibility index (Phi) is 3.43. The first kappa shape index (κ1) is 11.7. The molecule has 2 amide bonds. The van der Waals surface area contributed by atoms with Crippen LogP contribution >= 0.6 is 0 Å². The average Bonchev–Trinajstić information content (AvgIpc) is 2.36. The van der Waals surface area contributed by atoms with Crippen molar-refractivity contribution in [3.63, 3.8) is 0 Å². The summed E-state index contributed by atoms with van der Waals surface area (Å²) >= 11 is 0. The van der Waals surface area contributed by atoms with Crippen LogP contribution in [-0.2, 0) is 16.1 Å². The van der Waals surface area contributed by atoms with Gasteiger partial charge in [-0.1, -0.05) is 0 Å². The molecule has 2 rings (SSSR count). The van der Waals surface area contributed by atoms with Gasteiger partial charge in [-0.25, -0.2) is 9.97 Å². The van der Waals surface area contributed by atoms with E-state index < -0.39 is 0 Å². The largest absolute Gasteiger partial charge is 0.302 e. The van der Waals surface area contributed by atoms with E-state index in [4.69, 9.17) is 0 Å². The van der Waals surface area contributed by atoms with Crippen LogP contribution in [0.3, 0.4) is 0 Å². The molecular weight excluding hydrogens is 220 g/mol. The van der Waals surface area contributed by atoms with Crippen molar-refractivity contribution in [1.29, 1.82) is 0 Å². The van der Waals surface area contributed by atoms with Crippen LogP contribution in [0.1, 0.15) is 18.4 Å². The van der Waals surface area contributed by atoms with Crippen molar-refractivity contribution in [3.05, 3.63) is 24.3 Å². The lowest BCUT2D eigenvalue weighted by Crippen LogP contribution is -2.51. The molecule has 1 aliphatic rings. The van der Waals surface area contributed by atoms with Crippen LogP contribution in [0.5, 0.6) is 0 Å². The second-order valence-corrected chi connectivity index (χ2v) is 4.01. The Morgan fingerprint density at radius 1 is 1.41 bits per heavy atom. The molecule has 6 heteroatoms. The third-order valence-electron chi connectivity index (χ3n) is 2.82. The zero-order valence-electron chi connectivity index (χ0n) is 9.59. The molecule has 0 spiro atoms. The molecule has 0 saturated carbocycles. The molecule has 2 heterocycles. The molecule has 1 fully saturated rings. The Morgan fingerprint density at radius 2 is 2.12 bits per heavy atom. The van der Waals surface area contributed by atoms with Crippen molar-refractivity contribution in [1.82, 2.24) is 20.2 Å². The molecule has 0 radical (unpaired) electrons. The van der Waals surface area contributed by atoms with Crippen LogP contribution in [0.2, 0.25) is 0 Å². The minimum atomic E-state index is -0.294. The van der Waals surface area contributed by atoms with Gasteiger partial charge in [-0.3, -0.25) is 14.5 Å². The van der Waals surface area contributed by atoms with Crippen molar-refractivity contribution in [2.45, 2.75) is 25.4 Å². The van der Waals surface area contributed by atoms with E-state index in [1.165, 1.54) is 18.3 Å². The number of nitrogens with one attached hydrogen (secondary N) is 1. The van der Waals surface area contributed by atoms with Gasteiger partial charge in [0.25, 0.3) is 0 Å². The lowest BCUT2D eigenvalue weighted by atomic mass is 10.0. The van der Waals surface area contributed by atoms with E-state index in [0.717, 1.165) is 5.56 Å². The van der Waals surface area contributed by atoms with Crippen LogP contribution < -0.4 is 5.32 Å². The number of carbonyl (C=O) groups is 2. The van der Waals surface area contributed by atoms with Crippen molar-refractivity contribution in [2.75, 3.05) is 7.05 Å². The average molecular weight is 234 g/mol. The minimum Gasteiger partial charge on any atom is -0.302 e. The van der Waals surface area contributed by atoms with Gasteiger partial charge in [0.05, 0.1) is 6.04 Å². The van der Waals surface area contributed by atoms with E-state index in [1.54, 1.807) is 12.4 Å². The van der Waals surface area contributed by atoms with Crippen LogP contribution in [0, 0.1) is 0 Å². The Balaban J connectivity index is 1.92. The summed E-state index contributed by atoms with van der Waals surface area (Å²) in [6.07, 6.45) is 5.81. The number of rotatable bonds is 3. The minimum absolute atomic E-state index is 0.115. The van der Waals surface area contributed by atoms with Gasteiger partial charge >= 0.3 is 0 Å². The van der Waals surface area contributed by atoms with Crippen molar-refractivity contribution in [3.8, 4) is 0 Å². The van der Waals surface area contributed by atoms with Gasteiger partial charge in [0.15, 0.2) is 0 Å². The summed E-state index contributed by atoms with van der Waals surface area (Å²) < 4.78 is 0. The molecule has 6 nitrogen and oxygen atoms in total. The third-order valence-corrected chi connectivity index (χ3v) is 2.82. The summed E-state index contributed by atoms with van der Waals surface area (Å²) in [6, 6.07) is -0.294. The van der Waals surface area contributed by atoms with Crippen LogP contribution in [0.15, 0.2) is 18.7 Å². The molecule has 17 heavy (non-hydrogen) atoms. The topological polar surface area (TPSA) is 75.2 Å². The summed E-state index contributed by atoms with van der Waals surface area (Å²) in [7, 11) is 1.52. The molecule has 90 valence electrons. The Hall–Kier alpha value is -1.82. The van der Waals surface area contributed by atoms with E-state index in [9.17, 15) is 9.59 Å². The zero-order valence-corrected chi connectivity index (χ0v) is 9.59. The second kappa shape index (κ2) is 5.01. The number of carbonyl (C=O) groups excluding carboxylic acids is 2. The van der Waals surface area contributed by atoms with Crippen LogP contribution in [-0.4, -0.2) is 39.8 Å². The molecule has 0 aliphatic carbocycles. The molecule has 1 aromatic rings. The van der Waals surface area contributed by atoms with Gasteiger partial charge in [0.1, 0.15) is 6.33 Å². The fourth-order valence-electron chi connectivity index (χ4n) is 1.77. The number of likely N-dealkylation sites (N-methyl/N-ethyl adjacent to an activating group) is 1. The number of hydrogen-bond acceptors (Lipinski definition) is 5. The third kappa shape index (κ3) is 2.65. The smallest absolute Gasteiger partial charge is 0.246 e. The maximum atomic E-state index is 11.8. The molecule has 1 saturated heterocycles. The van der Waals surface area contributed by atoms with Gasteiger partial charge < -0.3 is 5.32 Å². The number of amides is 2. The molecule has 0 aromatic carbocycles. The van der Waals surface area contributed by atoms with Gasteiger partial charge in [-0.2, -0.15) is 0 Å². The van der Waals surface area contributed by atoms with E-state index in [2.05, 4.69) is 15.3 Å². The molecule has 0 bridgehead atoms. The van der Waals surface area contributed by atoms with E-state index in [0.29, 0.717) is 19.4 Å². The highest BCUT2D eigenvalue weighted by atomic mass is 16.2. The van der Waals surface area contributed by atoms with E-state index >= 15 is 0 Å². The number of likely N-dealkylation sites (tertiary alicyclic amines) is 1. The molecular formula is C11H14N4O2. The maximum Gasteiger partial charge on any atom is 0.246 e. The second-order valence-electron chi connectivity index (χ2n) is 4.01. The highest BCUT2D eigenvalue weighted by Gasteiger charge is 2.31. The summed E-state index contributed by atoms with van der Waals surface area (Å²) in [4.78, 5) is 32.0. The van der Waals surface area contributed by atoms with E-state index in [-0.39, 0.29) is 17.9 Å². The lowest BCUT2D eigenvalue weighted by molar-refractivity contribution is -0.148. The molecule has 1 atom stereocenters. The number of hydrogen-bond donors (Lipinski definition) is 1. The normalized spacial score (nSPS) is 20.8. The Morgan fingerprint density at radius 3 is 2.82 bits per heavy atom. The number of aromatic nitrogens is 2. The SMILES string of the molecule is CN1C(=O)CCC(NCc2cncnc2)C1=O. The van der Waals surface area contributed by atoms with Crippen LogP contribution in [0.25, 0.3) is 0 Å². The van der Waals surface area contributed by atoms with Crippen molar-refractivity contribution in [2.24, 2.45) is 0 Å². The maximum absolute atomic E-state index is 11.8. The summed E-state index contributed by atoms with van der Waals surface area (Å²) in [6.45, 7) is 0.527. The first-order chi connectivity index (χ1) is 8.18. The number of piperidine rings is 1. The summed E-state index contributed by atoms with van der Waals surface area (Å²) in [5.41, 5.74) is 0.917. The predicted octanol–water partition coefficient (Wildman–Crippen LogP) is -0.286. The molecule has 1 aromatic heterocycles. The molecule has 1 unspecified atom stereocenters. The van der Waals surface area contributed by atoms with Crippen molar-refractivity contribution < 1.29 is 9.59 Å². The lowest BCUT2D eigenvalue weighted by Gasteiger charge is -2.28.